The summed E-state index contributed by atoms with van der Waals surface area (Å²) in [5.41, 5.74) is 1.10. The molecule has 204 valence electrons. The van der Waals surface area contributed by atoms with Crippen LogP contribution in [0.25, 0.3) is 0 Å². The SMILES string of the molecule is C=C(C)CC(CC(=C)C)(C(=O)OCC)C(=O)OCC.CCOC(=O)C1(C(=O)OCC)CC(C)=C(C)C1. The van der Waals surface area contributed by atoms with Crippen molar-refractivity contribution < 1.29 is 38.1 Å². The van der Waals surface area contributed by atoms with Crippen LogP contribution in [0.1, 0.15) is 81.1 Å². The van der Waals surface area contributed by atoms with Crippen LogP contribution in [0, 0.1) is 10.8 Å². The van der Waals surface area contributed by atoms with Gasteiger partial charge in [-0.15, -0.1) is 13.2 Å². The van der Waals surface area contributed by atoms with Crippen molar-refractivity contribution in [3.05, 3.63) is 35.5 Å². The van der Waals surface area contributed by atoms with Crippen LogP contribution in [0.15, 0.2) is 35.5 Å². The molecule has 0 aromatic heterocycles. The first-order valence-corrected chi connectivity index (χ1v) is 12.4. The highest BCUT2D eigenvalue weighted by molar-refractivity contribution is 6.01. The summed E-state index contributed by atoms with van der Waals surface area (Å²) in [5.74, 6) is -2.07. The van der Waals surface area contributed by atoms with E-state index in [1.54, 1.807) is 41.5 Å². The first kappa shape index (κ1) is 33.1. The maximum absolute atomic E-state index is 12.2. The van der Waals surface area contributed by atoms with Gasteiger partial charge in [0.15, 0.2) is 10.8 Å². The highest BCUT2D eigenvalue weighted by Gasteiger charge is 2.52. The summed E-state index contributed by atoms with van der Waals surface area (Å²) in [6.45, 7) is 22.9. The van der Waals surface area contributed by atoms with E-state index in [1.165, 1.54) is 0 Å². The van der Waals surface area contributed by atoms with Gasteiger partial charge in [-0.1, -0.05) is 22.3 Å². The predicted octanol–water partition coefficient (Wildman–Crippen LogP) is 5.26. The Morgan fingerprint density at radius 2 is 1.00 bits per heavy atom. The van der Waals surface area contributed by atoms with Crippen molar-refractivity contribution in [3.63, 3.8) is 0 Å². The van der Waals surface area contributed by atoms with Crippen molar-refractivity contribution >= 4 is 23.9 Å². The Bertz CT molecular complexity index is 795. The molecule has 1 rings (SSSR count). The largest absolute Gasteiger partial charge is 0.465 e. The fourth-order valence-corrected chi connectivity index (χ4v) is 4.18. The lowest BCUT2D eigenvalue weighted by Crippen LogP contribution is -2.42. The van der Waals surface area contributed by atoms with Crippen molar-refractivity contribution in [1.29, 1.82) is 0 Å². The van der Waals surface area contributed by atoms with Crippen LogP contribution >= 0.6 is 0 Å². The summed E-state index contributed by atoms with van der Waals surface area (Å²) in [4.78, 5) is 48.5. The summed E-state index contributed by atoms with van der Waals surface area (Å²) < 4.78 is 20.2. The van der Waals surface area contributed by atoms with Gasteiger partial charge < -0.3 is 18.9 Å². The summed E-state index contributed by atoms with van der Waals surface area (Å²) >= 11 is 0. The van der Waals surface area contributed by atoms with E-state index in [9.17, 15) is 19.2 Å². The van der Waals surface area contributed by atoms with Gasteiger partial charge in [-0.3, -0.25) is 19.2 Å². The lowest BCUT2D eigenvalue weighted by atomic mass is 9.77. The molecule has 1 aliphatic rings. The molecule has 8 heteroatoms. The smallest absolute Gasteiger partial charge is 0.324 e. The van der Waals surface area contributed by atoms with Crippen molar-refractivity contribution in [2.75, 3.05) is 26.4 Å². The summed E-state index contributed by atoms with van der Waals surface area (Å²) in [5, 5.41) is 0. The molecule has 0 aliphatic heterocycles. The molecule has 0 saturated carbocycles. The van der Waals surface area contributed by atoms with Crippen molar-refractivity contribution in [2.24, 2.45) is 10.8 Å². The highest BCUT2D eigenvalue weighted by Crippen LogP contribution is 2.44. The second-order valence-corrected chi connectivity index (χ2v) is 9.23. The lowest BCUT2D eigenvalue weighted by molar-refractivity contribution is -0.173. The fraction of sp³-hybridized carbons (Fsp3) is 0.643. The van der Waals surface area contributed by atoms with Crippen LogP contribution in [-0.4, -0.2) is 50.3 Å². The van der Waals surface area contributed by atoms with E-state index in [0.717, 1.165) is 22.3 Å². The predicted molar refractivity (Wildman–Crippen MR) is 138 cm³/mol. The van der Waals surface area contributed by atoms with Gasteiger partial charge in [0.1, 0.15) is 0 Å². The molecule has 0 bridgehead atoms. The zero-order chi connectivity index (χ0) is 28.1. The molecule has 0 unspecified atom stereocenters. The Labute approximate surface area is 216 Å². The number of rotatable bonds is 12. The van der Waals surface area contributed by atoms with E-state index in [2.05, 4.69) is 13.2 Å². The van der Waals surface area contributed by atoms with E-state index in [-0.39, 0.29) is 39.3 Å². The normalized spacial score (nSPS) is 14.2. The standard InChI is InChI=1S/C15H24O4.C13H20O4/c1-7-18-13(16)15(9-11(3)4,10-12(5)6)14(17)19-8-2;1-5-16-11(14)13(12(15)17-6-2)7-9(3)10(4)8-13/h3,5,7-10H2,1-2,4,6H3;5-8H2,1-4H3. The lowest BCUT2D eigenvalue weighted by Gasteiger charge is -2.29. The highest BCUT2D eigenvalue weighted by atomic mass is 16.6. The molecule has 8 nitrogen and oxygen atoms in total. The van der Waals surface area contributed by atoms with Crippen molar-refractivity contribution in [1.82, 2.24) is 0 Å². The van der Waals surface area contributed by atoms with Gasteiger partial charge in [0.05, 0.1) is 26.4 Å². The maximum atomic E-state index is 12.2. The molecule has 0 heterocycles. The maximum Gasteiger partial charge on any atom is 0.324 e. The quantitative estimate of drug-likeness (QED) is 0.152. The molecular formula is C28H44O8. The third kappa shape index (κ3) is 8.64. The second kappa shape index (κ2) is 15.3. The van der Waals surface area contributed by atoms with E-state index >= 15 is 0 Å². The Hall–Kier alpha value is -2.90. The third-order valence-corrected chi connectivity index (χ3v) is 5.73. The summed E-state index contributed by atoms with van der Waals surface area (Å²) in [7, 11) is 0. The zero-order valence-electron chi connectivity index (χ0n) is 23.3. The van der Waals surface area contributed by atoms with Crippen LogP contribution in [0.4, 0.5) is 0 Å². The molecule has 0 fully saturated rings. The minimum Gasteiger partial charge on any atom is -0.465 e. The van der Waals surface area contributed by atoms with Crippen molar-refractivity contribution in [2.45, 2.75) is 81.1 Å². The third-order valence-electron chi connectivity index (χ3n) is 5.73. The van der Waals surface area contributed by atoms with E-state index in [4.69, 9.17) is 18.9 Å². The first-order chi connectivity index (χ1) is 16.8. The van der Waals surface area contributed by atoms with Crippen LogP contribution in [0.2, 0.25) is 0 Å². The van der Waals surface area contributed by atoms with Crippen LogP contribution in [0.5, 0.6) is 0 Å². The number of carbonyl (C=O) groups is 4. The molecule has 0 N–H and O–H groups in total. The molecule has 0 saturated heterocycles. The number of hydrogen-bond acceptors (Lipinski definition) is 8. The van der Waals surface area contributed by atoms with Gasteiger partial charge in [-0.05, 0) is 81.1 Å². The zero-order valence-corrected chi connectivity index (χ0v) is 23.3. The van der Waals surface area contributed by atoms with Gasteiger partial charge in [0.2, 0.25) is 0 Å². The number of ether oxygens (including phenoxy) is 4. The molecule has 36 heavy (non-hydrogen) atoms. The summed E-state index contributed by atoms with van der Waals surface area (Å²) in [6, 6.07) is 0. The second-order valence-electron chi connectivity index (χ2n) is 9.23. The van der Waals surface area contributed by atoms with E-state index in [1.807, 2.05) is 13.8 Å². The number of esters is 4. The Morgan fingerprint density at radius 3 is 1.25 bits per heavy atom. The summed E-state index contributed by atoms with van der Waals surface area (Å²) in [6.07, 6.45) is 1.24. The first-order valence-electron chi connectivity index (χ1n) is 12.4. The number of allylic oxidation sites excluding steroid dienone is 4. The number of hydrogen-bond donors (Lipinski definition) is 0. The average Bonchev–Trinajstić information content (AvgIpc) is 3.09. The van der Waals surface area contributed by atoms with Gasteiger partial charge in [-0.2, -0.15) is 0 Å². The minimum atomic E-state index is -1.36. The van der Waals surface area contributed by atoms with E-state index in [0.29, 0.717) is 12.8 Å². The molecule has 0 amide bonds. The average molecular weight is 509 g/mol. The minimum absolute atomic E-state index is 0.206. The Kier molecular flexibility index (Phi) is 14.0. The molecule has 0 radical (unpaired) electrons. The molecule has 0 spiro atoms. The van der Waals surface area contributed by atoms with Gasteiger partial charge in [0, 0.05) is 0 Å². The topological polar surface area (TPSA) is 105 Å². The Balaban J connectivity index is 0.000000684. The monoisotopic (exact) mass is 508 g/mol. The van der Waals surface area contributed by atoms with Crippen molar-refractivity contribution in [3.8, 4) is 0 Å². The molecule has 0 aromatic carbocycles. The van der Waals surface area contributed by atoms with Gasteiger partial charge >= 0.3 is 23.9 Å². The molecule has 0 aromatic rings. The van der Waals surface area contributed by atoms with Crippen LogP contribution in [-0.2, 0) is 38.1 Å². The van der Waals surface area contributed by atoms with Gasteiger partial charge in [-0.25, -0.2) is 0 Å². The van der Waals surface area contributed by atoms with E-state index < -0.39 is 34.7 Å². The molecular weight excluding hydrogens is 464 g/mol. The fourth-order valence-electron chi connectivity index (χ4n) is 4.18. The van der Waals surface area contributed by atoms with Crippen LogP contribution in [0.3, 0.4) is 0 Å². The molecule has 1 aliphatic carbocycles. The number of carbonyl (C=O) groups excluding carboxylic acids is 4. The molecule has 0 atom stereocenters. The Morgan fingerprint density at radius 1 is 0.694 bits per heavy atom. The van der Waals surface area contributed by atoms with Gasteiger partial charge in [0.25, 0.3) is 0 Å². The van der Waals surface area contributed by atoms with Crippen LogP contribution < -0.4 is 0 Å².